The van der Waals surface area contributed by atoms with Gasteiger partial charge in [-0.3, -0.25) is 61.6 Å². The van der Waals surface area contributed by atoms with Gasteiger partial charge in [-0.1, -0.05) is 64.6 Å². The molecule has 5 aliphatic rings. The number of alkyl halides is 5. The highest BCUT2D eigenvalue weighted by molar-refractivity contribution is 5.81. The van der Waals surface area contributed by atoms with Gasteiger partial charge in [-0.2, -0.15) is 15.0 Å². The van der Waals surface area contributed by atoms with Crippen molar-refractivity contribution in [1.82, 2.24) is 67.7 Å². The number of hydrogen-bond donors (Lipinski definition) is 15. The lowest BCUT2D eigenvalue weighted by molar-refractivity contribution is -0.180. The second-order valence-electron chi connectivity index (χ2n) is 29.0. The minimum atomic E-state index is -2.24. The number of anilines is 4. The van der Waals surface area contributed by atoms with Gasteiger partial charge in [0.2, 0.25) is 17.4 Å². The molecule has 7 aromatic rings. The maximum absolute atomic E-state index is 15.5. The van der Waals surface area contributed by atoms with Gasteiger partial charge in [-0.05, 0) is 36.0 Å². The van der Waals surface area contributed by atoms with Gasteiger partial charge in [0.25, 0.3) is 11.1 Å². The highest BCUT2D eigenvalue weighted by Gasteiger charge is 2.63. The minimum Gasteiger partial charge on any atom is -0.462 e. The van der Waals surface area contributed by atoms with Gasteiger partial charge in [-0.15, -0.1) is 0 Å². The lowest BCUT2D eigenvalue weighted by Crippen LogP contribution is -2.51. The van der Waals surface area contributed by atoms with E-state index in [2.05, 4.69) is 59.9 Å². The molecule has 7 aromatic heterocycles. The molecule has 22 N–H and O–H groups in total. The maximum atomic E-state index is 15.5. The molecule has 124 heavy (non-hydrogen) atoms. The van der Waals surface area contributed by atoms with E-state index in [4.69, 9.17) is 93.8 Å². The van der Waals surface area contributed by atoms with Gasteiger partial charge in [0.05, 0.1) is 44.3 Å². The molecule has 12 heterocycles. The molecule has 0 bridgehead atoms. The zero-order valence-corrected chi connectivity index (χ0v) is 66.9. The summed E-state index contributed by atoms with van der Waals surface area (Å²) < 4.78 is 127. The van der Waals surface area contributed by atoms with Crippen molar-refractivity contribution in [1.29, 1.82) is 0 Å². The molecule has 51 nitrogen and oxygen atoms in total. The Balaban J connectivity index is 0.000000195. The summed E-state index contributed by atoms with van der Waals surface area (Å²) in [5, 5.41) is 64.6. The van der Waals surface area contributed by atoms with E-state index in [9.17, 15) is 87.0 Å². The first-order valence-corrected chi connectivity index (χ1v) is 37.8. The number of nitrogens with zero attached hydrogens (tertiary/aromatic N) is 18. The topological polar surface area (TPSA) is 784 Å². The van der Waals surface area contributed by atoms with Crippen molar-refractivity contribution < 1.29 is 114 Å². The summed E-state index contributed by atoms with van der Waals surface area (Å²) >= 11 is 0. The number of carbonyl (C=O) groups excluding carboxylic acids is 4. The lowest BCUT2D eigenvalue weighted by Gasteiger charge is -2.29. The van der Waals surface area contributed by atoms with Crippen LogP contribution >= 0.6 is 0 Å². The molecular formula is C68H94F5N27O24. The van der Waals surface area contributed by atoms with E-state index in [1.165, 1.54) is 43.2 Å². The largest absolute Gasteiger partial charge is 0.462 e. The van der Waals surface area contributed by atoms with Crippen molar-refractivity contribution in [3.05, 3.63) is 129 Å². The van der Waals surface area contributed by atoms with Gasteiger partial charge in [-0.25, -0.2) is 56.3 Å². The summed E-state index contributed by atoms with van der Waals surface area (Å²) in [6, 6.07) is 3.50. The van der Waals surface area contributed by atoms with E-state index in [0.29, 0.717) is 24.8 Å². The number of aliphatic hydroxyl groups is 6. The first kappa shape index (κ1) is 97.6. The molecule has 0 aromatic carbocycles. The number of halogens is 5. The summed E-state index contributed by atoms with van der Waals surface area (Å²) in [4.78, 5) is 143. The summed E-state index contributed by atoms with van der Waals surface area (Å²) in [5.41, 5.74) is 43.8. The normalized spacial score (nSPS) is 29.1. The molecular weight excluding hydrogens is 1670 g/mol. The second kappa shape index (κ2) is 41.5. The zero-order chi connectivity index (χ0) is 91.8. The first-order chi connectivity index (χ1) is 58.7. The second-order valence-corrected chi connectivity index (χ2v) is 29.0. The van der Waals surface area contributed by atoms with Crippen LogP contribution in [0.15, 0.2) is 90.0 Å². The lowest BCUT2D eigenvalue weighted by atomic mass is 9.97. The van der Waals surface area contributed by atoms with Crippen LogP contribution in [0.1, 0.15) is 111 Å². The molecule has 20 atom stereocenters. The average molecular weight is 1770 g/mol. The zero-order valence-electron chi connectivity index (χ0n) is 66.9. The van der Waals surface area contributed by atoms with Crippen molar-refractivity contribution in [2.45, 2.75) is 201 Å². The van der Waals surface area contributed by atoms with Crippen LogP contribution in [-0.4, -0.2) is 265 Å². The predicted octanol–water partition coefficient (Wildman–Crippen LogP) is -2.60. The molecule has 5 fully saturated rings. The molecule has 680 valence electrons. The predicted molar refractivity (Wildman–Crippen MR) is 413 cm³/mol. The first-order valence-electron chi connectivity index (χ1n) is 37.8. The third-order valence-corrected chi connectivity index (χ3v) is 19.9. The summed E-state index contributed by atoms with van der Waals surface area (Å²) in [6.07, 6.45) is -16.2. The Morgan fingerprint density at radius 2 is 0.960 bits per heavy atom. The Labute approximate surface area is 694 Å². The fourth-order valence-electron chi connectivity index (χ4n) is 12.8. The number of rotatable bonds is 27. The highest BCUT2D eigenvalue weighted by Crippen LogP contribution is 2.46. The van der Waals surface area contributed by atoms with Crippen LogP contribution in [0.2, 0.25) is 0 Å². The van der Waals surface area contributed by atoms with E-state index in [1.54, 1.807) is 13.8 Å². The van der Waals surface area contributed by atoms with E-state index in [0.717, 1.165) is 55.7 Å². The van der Waals surface area contributed by atoms with Gasteiger partial charge < -0.3 is 113 Å². The number of azide groups is 2. The van der Waals surface area contributed by atoms with Gasteiger partial charge in [0, 0.05) is 67.0 Å². The summed E-state index contributed by atoms with van der Waals surface area (Å²) in [5.74, 6) is -4.22. The Bertz CT molecular complexity index is 5290. The Kier molecular flexibility index (Phi) is 32.7. The number of nitrogens with one attached hydrogen (secondary N) is 2. The van der Waals surface area contributed by atoms with Gasteiger partial charge in [0.15, 0.2) is 96.8 Å². The number of aromatic nitrogens is 14. The number of carbonyl (C=O) groups is 4. The smallest absolute Gasteiger partial charge is 0.351 e. The van der Waals surface area contributed by atoms with Crippen LogP contribution in [0.3, 0.4) is 0 Å². The number of unbranched alkanes of at least 4 members (excludes halogenated alkanes) is 2. The SMILES string of the molecule is CC(C)C(=O)OC[C@@]1(N=[N+]=[N-])O[C@@H](n2ccc(N)nc2=O)[C@H](F)[C@@H]1OC(=O)C(C)C.CCCCC(=O)OC[C@@]1(N=[N+]=[N-])O[C@@H](n2ccc(N)nc2=O)[C@H](F)[C@@H]1OC(=O)CCCC.NC[C@]1(CO)O[C@@H](n2ccc(=O)[nH]c2=O)[C@H](F)[C@@H]1O.NC[C@]1(CO)O[C@@H](n2cnc3c(=O)[nH]c(N)nc32)[C@H](F)[C@@H]1O.NC[C@]1(CO)O[C@@H](n2cnc3c(N)ncnc32)[C@H](F)[C@@H]1O. The van der Waals surface area contributed by atoms with Crippen molar-refractivity contribution in [2.24, 2.45) is 39.3 Å². The Hall–Kier alpha value is -11.9. The fraction of sp³-hybridized carbons (Fsp3) is 0.618. The molecule has 0 amide bonds. The molecule has 0 aliphatic carbocycles. The quantitative estimate of drug-likeness (QED) is 0.00627. The number of aliphatic hydroxyl groups excluding tert-OH is 6. The molecule has 12 rings (SSSR count). The molecule has 0 spiro atoms. The van der Waals surface area contributed by atoms with Gasteiger partial charge >= 0.3 is 40.9 Å². The van der Waals surface area contributed by atoms with Crippen LogP contribution in [-0.2, 0) is 61.8 Å². The van der Waals surface area contributed by atoms with Crippen molar-refractivity contribution in [2.75, 3.05) is 75.6 Å². The van der Waals surface area contributed by atoms with Crippen LogP contribution in [0, 0.1) is 11.8 Å². The number of aromatic amines is 2. The average Bonchev–Trinajstić information content (AvgIpc) is 1.62. The number of imidazole rings is 2. The highest BCUT2D eigenvalue weighted by atomic mass is 19.2. The third kappa shape index (κ3) is 20.6. The van der Waals surface area contributed by atoms with Gasteiger partial charge in [0.1, 0.15) is 71.8 Å². The Morgan fingerprint density at radius 1 is 0.540 bits per heavy atom. The van der Waals surface area contributed by atoms with Crippen LogP contribution < -0.4 is 68.3 Å². The number of nitrogens with two attached hydrogens (primary N) is 7. The van der Waals surface area contributed by atoms with Crippen LogP contribution in [0.5, 0.6) is 0 Å². The molecule has 0 saturated carbocycles. The monoisotopic (exact) mass is 1770 g/mol. The van der Waals surface area contributed by atoms with E-state index < -0.39 is 218 Å². The number of fused-ring (bicyclic) bond motifs is 2. The molecule has 0 unspecified atom stereocenters. The standard InChI is InChI=1S/C19H27FN6O6.C17H23FN6O6.C11H15FN6O4.C11H15FN6O3.C10H14FN3O5/c1-3-5-7-13(27)30-11-19(24-25-22)16(31-14(28)8-6-4-2)15(20)17(32-19)26-10-9-12(21)23-18(26)29;1-8(2)14(25)28-7-17(22-23-20)12(29-15(26)9(3)4)11(18)13(30-17)24-6-5-10(19)21-16(24)27;12-4-6(20)11(1-13,2-19)22-9(4)18-3-15-5-7(18)16-10(14)17-8(5)21;12-5-7(20)11(1-13,2-19)21-10(5)18-4-17-6-8(14)15-3-16-9(6)18;11-6-7(17)10(3-12,4-15)19-8(6)14-2-1-5(16)13-9(14)18/h9-10,15-17H,3-8,11H2,1-2H3,(H2,21,23,29);5-6,8-9,11-13H,7H2,1-4H3,(H2,19,21,27);3-4,6,9,19-20H,1-2,13H2,(H3,14,16,17,21);3-5,7,10,19-20H,1-2,13H2,(H2,14,15,16);1-2,6-8,15,17H,3-4,12H2,(H,13,16,18)/t15-,16+,17-,19-;11-,12+,13-,17-;4-,6+,9-,11-;5-,7+,10-,11-;6-,7+,8-,10-/m11111/s1. The van der Waals surface area contributed by atoms with Crippen LogP contribution in [0.25, 0.3) is 43.2 Å². The van der Waals surface area contributed by atoms with E-state index in [1.807, 2.05) is 18.8 Å². The van der Waals surface area contributed by atoms with Crippen molar-refractivity contribution in [3.63, 3.8) is 0 Å². The van der Waals surface area contributed by atoms with E-state index in [-0.39, 0.29) is 72.7 Å². The number of hydrogen-bond acceptors (Lipinski definition) is 40. The number of esters is 4. The van der Waals surface area contributed by atoms with Crippen molar-refractivity contribution >= 4 is 69.6 Å². The summed E-state index contributed by atoms with van der Waals surface area (Å²) in [7, 11) is 0. The summed E-state index contributed by atoms with van der Waals surface area (Å²) in [6.45, 7) is 5.67. The minimum absolute atomic E-state index is 0.00357. The molecule has 5 saturated heterocycles. The molecule has 0 radical (unpaired) electrons. The fourth-order valence-corrected chi connectivity index (χ4v) is 12.8. The number of H-pyrrole nitrogens is 2. The van der Waals surface area contributed by atoms with Crippen molar-refractivity contribution in [3.8, 4) is 0 Å². The number of ether oxygens (including phenoxy) is 9. The molecule has 56 heteroatoms. The van der Waals surface area contributed by atoms with Crippen LogP contribution in [0.4, 0.5) is 45.4 Å². The maximum Gasteiger partial charge on any atom is 0.351 e. The molecule has 5 aliphatic heterocycles. The third-order valence-electron chi connectivity index (χ3n) is 19.9. The Morgan fingerprint density at radius 3 is 1.38 bits per heavy atom. The number of nitrogen functional groups attached to an aromatic ring is 4. The van der Waals surface area contributed by atoms with E-state index >= 15 is 8.78 Å².